The second-order valence-electron chi connectivity index (χ2n) is 6.64. The molecule has 3 heteroatoms. The lowest BCUT2D eigenvalue weighted by Crippen LogP contribution is -2.46. The molecule has 0 amide bonds. The summed E-state index contributed by atoms with van der Waals surface area (Å²) in [6.07, 6.45) is 0.494. The molecule has 2 aromatic rings. The molecule has 0 unspecified atom stereocenters. The lowest BCUT2D eigenvalue weighted by atomic mass is 10.1. The van der Waals surface area contributed by atoms with Gasteiger partial charge < -0.3 is 4.90 Å². The molecule has 1 fully saturated rings. The molecule has 1 aliphatic heterocycles. The molecule has 3 nitrogen and oxygen atoms in total. The van der Waals surface area contributed by atoms with Crippen molar-refractivity contribution in [2.24, 2.45) is 0 Å². The first-order valence-corrected chi connectivity index (χ1v) is 8.65. The summed E-state index contributed by atoms with van der Waals surface area (Å²) in [7, 11) is 0. The van der Waals surface area contributed by atoms with Crippen LogP contribution in [0.15, 0.2) is 42.5 Å². The van der Waals surface area contributed by atoms with Gasteiger partial charge in [-0.25, -0.2) is 0 Å². The number of hydrogen-bond donors (Lipinski definition) is 0. The van der Waals surface area contributed by atoms with E-state index in [9.17, 15) is 0 Å². The maximum atomic E-state index is 8.85. The summed E-state index contributed by atoms with van der Waals surface area (Å²) in [5.41, 5.74) is 6.57. The van der Waals surface area contributed by atoms with Gasteiger partial charge >= 0.3 is 0 Å². The van der Waals surface area contributed by atoms with Crippen LogP contribution >= 0.6 is 0 Å². The van der Waals surface area contributed by atoms with Crippen molar-refractivity contribution in [1.29, 1.82) is 5.26 Å². The minimum absolute atomic E-state index is 0.494. The third-order valence-electron chi connectivity index (χ3n) is 4.97. The standard InChI is InChI=1S/C21H25N3/c1-17-5-3-8-21(18(17)2)24-13-11-23(12-14-24)16-20-7-4-6-19(15-20)9-10-22/h3-8,15H,9,11-14,16H2,1-2H3. The molecule has 3 rings (SSSR count). The van der Waals surface area contributed by atoms with Crippen molar-refractivity contribution in [3.05, 3.63) is 64.7 Å². The van der Waals surface area contributed by atoms with Gasteiger partial charge in [0.1, 0.15) is 0 Å². The van der Waals surface area contributed by atoms with Crippen LogP contribution in [0.1, 0.15) is 22.3 Å². The molecule has 0 spiro atoms. The molecule has 1 aliphatic rings. The average Bonchev–Trinajstić information content (AvgIpc) is 2.59. The molecule has 124 valence electrons. The topological polar surface area (TPSA) is 30.3 Å². The molecule has 0 radical (unpaired) electrons. The fraction of sp³-hybridized carbons (Fsp3) is 0.381. The van der Waals surface area contributed by atoms with Gasteiger partial charge in [0.15, 0.2) is 0 Å². The number of benzene rings is 2. The van der Waals surface area contributed by atoms with E-state index in [1.165, 1.54) is 22.4 Å². The summed E-state index contributed by atoms with van der Waals surface area (Å²) in [5.74, 6) is 0. The summed E-state index contributed by atoms with van der Waals surface area (Å²) in [6, 6.07) is 17.2. The van der Waals surface area contributed by atoms with Crippen LogP contribution in [0.5, 0.6) is 0 Å². The Bertz CT molecular complexity index is 737. The van der Waals surface area contributed by atoms with Crippen molar-refractivity contribution in [2.75, 3.05) is 31.1 Å². The van der Waals surface area contributed by atoms with Gasteiger partial charge in [-0.3, -0.25) is 4.90 Å². The van der Waals surface area contributed by atoms with Gasteiger partial charge in [-0.1, -0.05) is 36.4 Å². The summed E-state index contributed by atoms with van der Waals surface area (Å²) >= 11 is 0. The van der Waals surface area contributed by atoms with Crippen molar-refractivity contribution >= 4 is 5.69 Å². The smallest absolute Gasteiger partial charge is 0.0669 e. The Kier molecular flexibility index (Phi) is 5.17. The Labute approximate surface area is 145 Å². The van der Waals surface area contributed by atoms with Crippen LogP contribution in [0, 0.1) is 25.2 Å². The molecule has 0 aliphatic carbocycles. The quantitative estimate of drug-likeness (QED) is 0.861. The zero-order chi connectivity index (χ0) is 16.9. The third kappa shape index (κ3) is 3.77. The van der Waals surface area contributed by atoms with E-state index in [1.807, 2.05) is 6.07 Å². The summed E-state index contributed by atoms with van der Waals surface area (Å²) in [4.78, 5) is 5.01. The molecule has 1 heterocycles. The van der Waals surface area contributed by atoms with Crippen LogP contribution in [-0.2, 0) is 13.0 Å². The van der Waals surface area contributed by atoms with E-state index >= 15 is 0 Å². The average molecular weight is 319 g/mol. The van der Waals surface area contributed by atoms with Crippen LogP contribution in [0.4, 0.5) is 5.69 Å². The highest BCUT2D eigenvalue weighted by molar-refractivity contribution is 5.56. The molecular formula is C21H25N3. The van der Waals surface area contributed by atoms with Gasteiger partial charge in [0.25, 0.3) is 0 Å². The second-order valence-corrected chi connectivity index (χ2v) is 6.64. The first-order chi connectivity index (χ1) is 11.7. The van der Waals surface area contributed by atoms with Crippen molar-refractivity contribution < 1.29 is 0 Å². The van der Waals surface area contributed by atoms with E-state index in [-0.39, 0.29) is 0 Å². The van der Waals surface area contributed by atoms with E-state index in [0.29, 0.717) is 6.42 Å². The summed E-state index contributed by atoms with van der Waals surface area (Å²) in [5, 5.41) is 8.85. The van der Waals surface area contributed by atoms with Gasteiger partial charge in [0.05, 0.1) is 12.5 Å². The molecule has 0 aromatic heterocycles. The summed E-state index contributed by atoms with van der Waals surface area (Å²) in [6.45, 7) is 9.68. The van der Waals surface area contributed by atoms with E-state index < -0.39 is 0 Å². The second kappa shape index (κ2) is 7.51. The van der Waals surface area contributed by atoms with Crippen LogP contribution in [0.3, 0.4) is 0 Å². The molecule has 0 N–H and O–H groups in total. The van der Waals surface area contributed by atoms with E-state index in [4.69, 9.17) is 5.26 Å². The Morgan fingerprint density at radius 3 is 2.42 bits per heavy atom. The molecule has 0 atom stereocenters. The zero-order valence-corrected chi connectivity index (χ0v) is 14.6. The van der Waals surface area contributed by atoms with Crippen LogP contribution in [0.25, 0.3) is 0 Å². The van der Waals surface area contributed by atoms with Crippen molar-refractivity contribution in [3.8, 4) is 6.07 Å². The molecule has 0 saturated carbocycles. The fourth-order valence-electron chi connectivity index (χ4n) is 3.41. The molecule has 1 saturated heterocycles. The lowest BCUT2D eigenvalue weighted by molar-refractivity contribution is 0.249. The molecular weight excluding hydrogens is 294 g/mol. The van der Waals surface area contributed by atoms with Crippen LogP contribution in [0.2, 0.25) is 0 Å². The number of anilines is 1. The van der Waals surface area contributed by atoms with Gasteiger partial charge in [-0.2, -0.15) is 5.26 Å². The number of nitriles is 1. The number of aryl methyl sites for hydroxylation is 1. The normalized spacial score (nSPS) is 15.3. The molecule has 0 bridgehead atoms. The van der Waals surface area contributed by atoms with Gasteiger partial charge in [-0.15, -0.1) is 0 Å². The minimum Gasteiger partial charge on any atom is -0.369 e. The monoisotopic (exact) mass is 319 g/mol. The summed E-state index contributed by atoms with van der Waals surface area (Å²) < 4.78 is 0. The number of hydrogen-bond acceptors (Lipinski definition) is 3. The van der Waals surface area contributed by atoms with Crippen molar-refractivity contribution in [2.45, 2.75) is 26.8 Å². The van der Waals surface area contributed by atoms with Crippen molar-refractivity contribution in [3.63, 3.8) is 0 Å². The van der Waals surface area contributed by atoms with Crippen LogP contribution in [-0.4, -0.2) is 31.1 Å². The highest BCUT2D eigenvalue weighted by Crippen LogP contribution is 2.24. The minimum atomic E-state index is 0.494. The predicted molar refractivity (Wildman–Crippen MR) is 99.2 cm³/mol. The third-order valence-corrected chi connectivity index (χ3v) is 4.97. The van der Waals surface area contributed by atoms with E-state index in [2.05, 4.69) is 66.1 Å². The Morgan fingerprint density at radius 2 is 1.67 bits per heavy atom. The van der Waals surface area contributed by atoms with Crippen LogP contribution < -0.4 is 4.90 Å². The highest BCUT2D eigenvalue weighted by atomic mass is 15.3. The fourth-order valence-corrected chi connectivity index (χ4v) is 3.41. The SMILES string of the molecule is Cc1cccc(N2CCN(Cc3cccc(CC#N)c3)CC2)c1C. The lowest BCUT2D eigenvalue weighted by Gasteiger charge is -2.37. The maximum Gasteiger partial charge on any atom is 0.0669 e. The highest BCUT2D eigenvalue weighted by Gasteiger charge is 2.18. The first-order valence-electron chi connectivity index (χ1n) is 8.65. The van der Waals surface area contributed by atoms with Gasteiger partial charge in [0, 0.05) is 38.4 Å². The first kappa shape index (κ1) is 16.5. The van der Waals surface area contributed by atoms with E-state index in [1.54, 1.807) is 0 Å². The number of rotatable bonds is 4. The van der Waals surface area contributed by atoms with Gasteiger partial charge in [0.2, 0.25) is 0 Å². The zero-order valence-electron chi connectivity index (χ0n) is 14.6. The Hall–Kier alpha value is -2.31. The van der Waals surface area contributed by atoms with Gasteiger partial charge in [-0.05, 0) is 42.2 Å². The Morgan fingerprint density at radius 1 is 0.958 bits per heavy atom. The van der Waals surface area contributed by atoms with E-state index in [0.717, 1.165) is 38.3 Å². The predicted octanol–water partition coefficient (Wildman–Crippen LogP) is 3.69. The number of nitrogens with zero attached hydrogens (tertiary/aromatic N) is 3. The molecule has 24 heavy (non-hydrogen) atoms. The van der Waals surface area contributed by atoms with Crippen molar-refractivity contribution in [1.82, 2.24) is 4.90 Å². The number of piperazine rings is 1. The maximum absolute atomic E-state index is 8.85. The molecule has 2 aromatic carbocycles. The Balaban J connectivity index is 1.60. The largest absolute Gasteiger partial charge is 0.369 e.